The lowest BCUT2D eigenvalue weighted by Gasteiger charge is -2.32. The molecule has 1 saturated carbocycles. The molecule has 0 bridgehead atoms. The van der Waals surface area contributed by atoms with Crippen LogP contribution < -0.4 is 4.90 Å². The predicted octanol–water partition coefficient (Wildman–Crippen LogP) is 21.7. The van der Waals surface area contributed by atoms with Gasteiger partial charge in [0.05, 0.1) is 46.4 Å². The van der Waals surface area contributed by atoms with E-state index in [0.717, 1.165) is 41.3 Å². The van der Waals surface area contributed by atoms with Crippen LogP contribution in [-0.2, 0) is 10.8 Å². The molecule has 0 saturated heterocycles. The molecule has 0 unspecified atom stereocenters. The van der Waals surface area contributed by atoms with Crippen molar-refractivity contribution < 1.29 is 52.7 Å². The number of rotatable bonds is 7. The Hall–Kier alpha value is -13.5. The molecule has 4 aliphatic rings. The van der Waals surface area contributed by atoms with Crippen molar-refractivity contribution in [3.05, 3.63) is 359 Å². The summed E-state index contributed by atoms with van der Waals surface area (Å²) in [6, 6.07) is 73.6. The molecule has 101 heavy (non-hydrogen) atoms. The van der Waals surface area contributed by atoms with Crippen molar-refractivity contribution in [3.63, 3.8) is 0 Å². The van der Waals surface area contributed by atoms with Gasteiger partial charge in [-0.25, -0.2) is 62.4 Å². The smallest absolute Gasteiger partial charge is 0.262 e. The van der Waals surface area contributed by atoms with Gasteiger partial charge in [-0.15, -0.1) is 0 Å². The van der Waals surface area contributed by atoms with Gasteiger partial charge in [0.2, 0.25) is 5.70 Å². The molecular weight excluding hydrogens is 1310 g/mol. The normalized spacial score (nSPS) is 14.7. The first-order valence-corrected chi connectivity index (χ1v) is 30.5. The molecule has 0 heterocycles. The molecule has 4 aliphatic carbocycles. The first-order chi connectivity index (χ1) is 48.7. The van der Waals surface area contributed by atoms with Crippen molar-refractivity contribution in [3.8, 4) is 68.8 Å². The largest absolute Gasteiger partial charge is 0.310 e. The van der Waals surface area contributed by atoms with E-state index in [4.69, 9.17) is 23.7 Å². The first kappa shape index (κ1) is 64.9. The van der Waals surface area contributed by atoms with Crippen molar-refractivity contribution in [1.29, 1.82) is 21.0 Å². The topological polar surface area (TPSA) is 107 Å². The molecule has 1 spiro atoms. The Labute approximate surface area is 567 Å². The standard InChI is InChI=1S/C52H37N.C30F12N6/c1-51(2)45-23-10-6-19-39(45)43-29-27-37(32-49(43)51)53(36-18-14-17-35(31-36)34-15-4-3-5-16-34)38-28-30-44-42-22-9-13-26-48(42)52(50(44)33-38)46-24-11-7-20-40(46)41-21-8-12-25-47(41)52;1-47-29(16-25(39)19(33)10(6-46)20(34)26(16)40)15-11(7(3-43)13-21(35)17(31)9(5-45)18(32)22(13)36)12(15)8(4-44)14-23(37)27(41)30(48-2)28(42)24(14)38/h3-33H,1-2H3;. The molecule has 484 valence electrons. The van der Waals surface area contributed by atoms with Crippen molar-refractivity contribution >= 4 is 39.6 Å². The minimum Gasteiger partial charge on any atom is -0.310 e. The number of hydrogen-bond acceptors (Lipinski definition) is 5. The van der Waals surface area contributed by atoms with Crippen LogP contribution in [-0.4, -0.2) is 0 Å². The number of anilines is 3. The van der Waals surface area contributed by atoms with Gasteiger partial charge in [0.25, 0.3) is 5.69 Å². The minimum atomic E-state index is -2.52. The number of nitriles is 4. The summed E-state index contributed by atoms with van der Waals surface area (Å²) < 4.78 is 177. The highest BCUT2D eigenvalue weighted by atomic mass is 19.2. The van der Waals surface area contributed by atoms with Gasteiger partial charge in [-0.3, -0.25) is 0 Å². The lowest BCUT2D eigenvalue weighted by Crippen LogP contribution is -2.26. The van der Waals surface area contributed by atoms with Gasteiger partial charge in [-0.05, 0) is 131 Å². The third-order valence-corrected chi connectivity index (χ3v) is 18.9. The van der Waals surface area contributed by atoms with E-state index in [2.05, 4.69) is 216 Å². The van der Waals surface area contributed by atoms with Crippen LogP contribution in [0, 0.1) is 128 Å². The van der Waals surface area contributed by atoms with Crippen LogP contribution in [0.25, 0.3) is 71.0 Å². The molecule has 15 rings (SSSR count). The monoisotopic (exact) mass is 1350 g/mol. The average molecular weight is 1350 g/mol. The average Bonchev–Trinajstić information content (AvgIpc) is 1.52. The van der Waals surface area contributed by atoms with Crippen LogP contribution in [0.3, 0.4) is 0 Å². The van der Waals surface area contributed by atoms with E-state index in [1.54, 1.807) is 0 Å². The molecule has 0 radical (unpaired) electrons. The molecule has 0 aromatic heterocycles. The molecule has 0 N–H and O–H groups in total. The Morgan fingerprint density at radius 2 is 0.723 bits per heavy atom. The fourth-order valence-electron chi connectivity index (χ4n) is 14.4. The zero-order valence-corrected chi connectivity index (χ0v) is 52.1. The van der Waals surface area contributed by atoms with E-state index in [0.29, 0.717) is 0 Å². The van der Waals surface area contributed by atoms with E-state index >= 15 is 26.3 Å². The predicted molar refractivity (Wildman–Crippen MR) is 354 cm³/mol. The van der Waals surface area contributed by atoms with Gasteiger partial charge in [-0.1, -0.05) is 166 Å². The van der Waals surface area contributed by atoms with E-state index in [1.165, 1.54) is 77.9 Å². The van der Waals surface area contributed by atoms with Crippen LogP contribution >= 0.6 is 0 Å². The Morgan fingerprint density at radius 3 is 1.16 bits per heavy atom. The summed E-state index contributed by atoms with van der Waals surface area (Å²) in [5, 5.41) is 37.3. The first-order valence-electron chi connectivity index (χ1n) is 30.5. The van der Waals surface area contributed by atoms with Crippen molar-refractivity contribution in [1.82, 2.24) is 0 Å². The molecule has 0 aliphatic heterocycles. The zero-order valence-electron chi connectivity index (χ0n) is 52.1. The summed E-state index contributed by atoms with van der Waals surface area (Å²) in [5.41, 5.74) is 0.0731. The highest BCUT2D eigenvalue weighted by Gasteiger charge is 2.52. The van der Waals surface area contributed by atoms with Crippen LogP contribution in [0.5, 0.6) is 0 Å². The molecule has 0 atom stereocenters. The second-order valence-corrected chi connectivity index (χ2v) is 24.2. The second-order valence-electron chi connectivity index (χ2n) is 24.2. The highest BCUT2D eigenvalue weighted by molar-refractivity contribution is 6.11. The van der Waals surface area contributed by atoms with Gasteiger partial charge < -0.3 is 4.90 Å². The molecule has 1 fully saturated rings. The quantitative estimate of drug-likeness (QED) is 0.0684. The van der Waals surface area contributed by atoms with Gasteiger partial charge in [0, 0.05) is 22.5 Å². The molecule has 19 heteroatoms. The maximum absolute atomic E-state index is 15.0. The number of nitrogens with zero attached hydrogens (tertiary/aromatic N) is 7. The van der Waals surface area contributed by atoms with Gasteiger partial charge >= 0.3 is 0 Å². The number of fused-ring (bicyclic) bond motifs is 13. The summed E-state index contributed by atoms with van der Waals surface area (Å²) in [6.07, 6.45) is 0. The molecule has 11 aromatic rings. The van der Waals surface area contributed by atoms with Crippen LogP contribution in [0.4, 0.5) is 75.4 Å². The fourth-order valence-corrected chi connectivity index (χ4v) is 14.4. The Morgan fingerprint density at radius 1 is 0.356 bits per heavy atom. The van der Waals surface area contributed by atoms with E-state index in [1.807, 2.05) is 0 Å². The highest BCUT2D eigenvalue weighted by Crippen LogP contribution is 2.64. The Kier molecular flexibility index (Phi) is 15.6. The maximum Gasteiger partial charge on any atom is 0.262 e. The lowest BCUT2D eigenvalue weighted by molar-refractivity contribution is 0.446. The zero-order chi connectivity index (χ0) is 71.4. The van der Waals surface area contributed by atoms with E-state index < -0.39 is 142 Å². The van der Waals surface area contributed by atoms with Gasteiger partial charge in [0.1, 0.15) is 35.4 Å². The molecule has 11 aromatic carbocycles. The van der Waals surface area contributed by atoms with Crippen LogP contribution in [0.15, 0.2) is 205 Å². The summed E-state index contributed by atoms with van der Waals surface area (Å²) in [7, 11) is 0. The van der Waals surface area contributed by atoms with Crippen molar-refractivity contribution in [2.45, 2.75) is 24.7 Å². The van der Waals surface area contributed by atoms with E-state index in [9.17, 15) is 36.9 Å². The number of hydrogen-bond donors (Lipinski definition) is 0. The third kappa shape index (κ3) is 9.40. The fraction of sp³-hybridized carbons (Fsp3) is 0.0488. The number of allylic oxidation sites excluding steroid dienone is 5. The van der Waals surface area contributed by atoms with Gasteiger partial charge in [0.15, 0.2) is 69.8 Å². The Bertz CT molecular complexity index is 5510. The summed E-state index contributed by atoms with van der Waals surface area (Å²) in [6.45, 7) is 18.8. The maximum atomic E-state index is 15.0. The summed E-state index contributed by atoms with van der Waals surface area (Å²) in [4.78, 5) is 7.32. The van der Waals surface area contributed by atoms with E-state index in [-0.39, 0.29) is 5.41 Å². The van der Waals surface area contributed by atoms with Crippen LogP contribution in [0.1, 0.15) is 75.0 Å². The third-order valence-electron chi connectivity index (χ3n) is 18.9. The molecule has 7 nitrogen and oxygen atoms in total. The van der Waals surface area contributed by atoms with Crippen molar-refractivity contribution in [2.75, 3.05) is 4.90 Å². The summed E-state index contributed by atoms with van der Waals surface area (Å²) >= 11 is 0. The van der Waals surface area contributed by atoms with Gasteiger partial charge in [-0.2, -0.15) is 21.0 Å². The number of halogens is 12. The minimum absolute atomic E-state index is 0.111. The van der Waals surface area contributed by atoms with Crippen molar-refractivity contribution in [2.24, 2.45) is 0 Å². The SMILES string of the molecule is CC1(C)c2ccccc2-c2ccc(N(c3cccc(-c4ccccc4)c3)c3ccc4c(c3)C3(c5ccccc5-c5ccccc53)c3ccccc3-4)cc21.[C-]#[N+]C(=C1C(=C(C#N)c2c(F)c(F)c(C#N)c(F)c2F)C1=C(C#N)c1c(F)c(F)c([N+]#[C-])c(F)c1F)c1c(F)c(F)c(C#N)c(F)c1F. The lowest BCUT2D eigenvalue weighted by atomic mass is 9.70. The molecular formula is C82H37F12N7. The van der Waals surface area contributed by atoms with Crippen LogP contribution in [0.2, 0.25) is 0 Å². The number of benzene rings is 11. The summed E-state index contributed by atoms with van der Waals surface area (Å²) in [5.74, 6) is -29.7. The second kappa shape index (κ2) is 24.3. The Balaban J connectivity index is 0.000000173. The molecule has 0 amide bonds.